The van der Waals surface area contributed by atoms with Crippen LogP contribution in [0.2, 0.25) is 0 Å². The van der Waals surface area contributed by atoms with Crippen molar-refractivity contribution in [3.05, 3.63) is 35.4 Å². The van der Waals surface area contributed by atoms with Crippen LogP contribution in [-0.2, 0) is 6.54 Å². The van der Waals surface area contributed by atoms with Crippen LogP contribution in [0.4, 0.5) is 0 Å². The number of likely N-dealkylation sites (tertiary alicyclic amines) is 1. The molecule has 1 fully saturated rings. The van der Waals surface area contributed by atoms with Gasteiger partial charge in [0, 0.05) is 19.1 Å². The molecule has 0 spiro atoms. The van der Waals surface area contributed by atoms with Crippen molar-refractivity contribution >= 4 is 0 Å². The van der Waals surface area contributed by atoms with Crippen LogP contribution in [0.5, 0.6) is 0 Å². The zero-order valence-corrected chi connectivity index (χ0v) is 10.3. The Hall–Kier alpha value is -1.37. The van der Waals surface area contributed by atoms with Crippen LogP contribution in [0.3, 0.4) is 0 Å². The van der Waals surface area contributed by atoms with Gasteiger partial charge < -0.3 is 5.32 Å². The van der Waals surface area contributed by atoms with Crippen LogP contribution >= 0.6 is 0 Å². The van der Waals surface area contributed by atoms with E-state index in [0.29, 0.717) is 6.04 Å². The minimum Gasteiger partial charge on any atom is -0.316 e. The molecule has 0 amide bonds. The van der Waals surface area contributed by atoms with E-state index in [1.54, 1.807) is 0 Å². The SMILES string of the molecule is CNC1CCCN(Cc2ccc(C#N)cc2)C1. The Morgan fingerprint density at radius 2 is 2.18 bits per heavy atom. The van der Waals surface area contributed by atoms with Gasteiger partial charge in [0.25, 0.3) is 0 Å². The normalized spacial score (nSPS) is 21.1. The first kappa shape index (κ1) is 12.1. The van der Waals surface area contributed by atoms with Crippen molar-refractivity contribution in [3.63, 3.8) is 0 Å². The number of nitriles is 1. The summed E-state index contributed by atoms with van der Waals surface area (Å²) in [4.78, 5) is 2.48. The topological polar surface area (TPSA) is 39.1 Å². The predicted molar refractivity (Wildman–Crippen MR) is 68.5 cm³/mol. The quantitative estimate of drug-likeness (QED) is 0.858. The van der Waals surface area contributed by atoms with Crippen LogP contribution in [-0.4, -0.2) is 31.1 Å². The Labute approximate surface area is 103 Å². The number of nitrogens with one attached hydrogen (secondary N) is 1. The lowest BCUT2D eigenvalue weighted by atomic mass is 10.0. The lowest BCUT2D eigenvalue weighted by molar-refractivity contribution is 0.188. The number of piperidine rings is 1. The van der Waals surface area contributed by atoms with Gasteiger partial charge in [-0.3, -0.25) is 4.90 Å². The third-order valence-electron chi connectivity index (χ3n) is 3.40. The number of benzene rings is 1. The summed E-state index contributed by atoms with van der Waals surface area (Å²) in [5.41, 5.74) is 2.03. The monoisotopic (exact) mass is 229 g/mol. The Balaban J connectivity index is 1.93. The molecule has 1 atom stereocenters. The fourth-order valence-corrected chi connectivity index (χ4v) is 2.38. The Morgan fingerprint density at radius 1 is 1.41 bits per heavy atom. The van der Waals surface area contributed by atoms with E-state index in [9.17, 15) is 0 Å². The molecule has 1 aliphatic heterocycles. The van der Waals surface area contributed by atoms with Gasteiger partial charge in [0.1, 0.15) is 0 Å². The molecule has 2 rings (SSSR count). The standard InChI is InChI=1S/C14H19N3/c1-16-14-3-2-8-17(11-14)10-13-6-4-12(9-15)5-7-13/h4-7,14,16H,2-3,8,10-11H2,1H3. The van der Waals surface area contributed by atoms with Gasteiger partial charge in [0.15, 0.2) is 0 Å². The summed E-state index contributed by atoms with van der Waals surface area (Å²) < 4.78 is 0. The minimum atomic E-state index is 0.627. The molecule has 1 aromatic rings. The number of rotatable bonds is 3. The van der Waals surface area contributed by atoms with Gasteiger partial charge >= 0.3 is 0 Å². The maximum atomic E-state index is 8.75. The minimum absolute atomic E-state index is 0.627. The number of nitrogens with zero attached hydrogens (tertiary/aromatic N) is 2. The van der Waals surface area contributed by atoms with Crippen LogP contribution in [0.15, 0.2) is 24.3 Å². The number of hydrogen-bond donors (Lipinski definition) is 1. The van der Waals surface area contributed by atoms with Crippen LogP contribution < -0.4 is 5.32 Å². The van der Waals surface area contributed by atoms with E-state index in [1.807, 2.05) is 19.2 Å². The van der Waals surface area contributed by atoms with E-state index >= 15 is 0 Å². The molecule has 0 radical (unpaired) electrons. The fourth-order valence-electron chi connectivity index (χ4n) is 2.38. The smallest absolute Gasteiger partial charge is 0.0991 e. The van der Waals surface area contributed by atoms with Gasteiger partial charge in [-0.25, -0.2) is 0 Å². The highest BCUT2D eigenvalue weighted by molar-refractivity contribution is 5.31. The number of hydrogen-bond acceptors (Lipinski definition) is 3. The van der Waals surface area contributed by atoms with E-state index in [1.165, 1.54) is 24.9 Å². The highest BCUT2D eigenvalue weighted by Crippen LogP contribution is 2.13. The summed E-state index contributed by atoms with van der Waals surface area (Å²) in [6.07, 6.45) is 2.54. The van der Waals surface area contributed by atoms with Crippen molar-refractivity contribution in [3.8, 4) is 6.07 Å². The van der Waals surface area contributed by atoms with Crippen molar-refractivity contribution in [1.29, 1.82) is 5.26 Å². The van der Waals surface area contributed by atoms with Crippen molar-refractivity contribution in [1.82, 2.24) is 10.2 Å². The van der Waals surface area contributed by atoms with E-state index in [-0.39, 0.29) is 0 Å². The average molecular weight is 229 g/mol. The third-order valence-corrected chi connectivity index (χ3v) is 3.40. The zero-order chi connectivity index (χ0) is 12.1. The first-order chi connectivity index (χ1) is 8.31. The van der Waals surface area contributed by atoms with Crippen LogP contribution in [0.25, 0.3) is 0 Å². The lowest BCUT2D eigenvalue weighted by Gasteiger charge is -2.32. The van der Waals surface area contributed by atoms with Crippen molar-refractivity contribution in [2.75, 3.05) is 20.1 Å². The van der Waals surface area contributed by atoms with Gasteiger partial charge in [-0.15, -0.1) is 0 Å². The first-order valence-electron chi connectivity index (χ1n) is 6.20. The summed E-state index contributed by atoms with van der Waals surface area (Å²) in [6, 6.07) is 10.7. The molecule has 1 aromatic carbocycles. The van der Waals surface area contributed by atoms with Crippen molar-refractivity contribution in [2.24, 2.45) is 0 Å². The summed E-state index contributed by atoms with van der Waals surface area (Å²) in [5, 5.41) is 12.1. The summed E-state index contributed by atoms with van der Waals surface area (Å²) in [7, 11) is 2.04. The molecule has 0 saturated carbocycles. The largest absolute Gasteiger partial charge is 0.316 e. The molecule has 1 unspecified atom stereocenters. The van der Waals surface area contributed by atoms with Crippen LogP contribution in [0, 0.1) is 11.3 Å². The fraction of sp³-hybridized carbons (Fsp3) is 0.500. The highest BCUT2D eigenvalue weighted by Gasteiger charge is 2.17. The molecular weight excluding hydrogens is 210 g/mol. The Bertz CT molecular complexity index is 391. The predicted octanol–water partition coefficient (Wildman–Crippen LogP) is 1.74. The number of likely N-dealkylation sites (N-methyl/N-ethyl adjacent to an activating group) is 1. The van der Waals surface area contributed by atoms with Gasteiger partial charge in [-0.1, -0.05) is 12.1 Å². The third kappa shape index (κ3) is 3.29. The molecular formula is C14H19N3. The molecule has 1 saturated heterocycles. The highest BCUT2D eigenvalue weighted by atomic mass is 15.2. The maximum Gasteiger partial charge on any atom is 0.0991 e. The molecule has 0 aromatic heterocycles. The molecule has 1 N–H and O–H groups in total. The maximum absolute atomic E-state index is 8.75. The van der Waals surface area contributed by atoms with E-state index in [0.717, 1.165) is 18.7 Å². The summed E-state index contributed by atoms with van der Waals surface area (Å²) in [6.45, 7) is 3.29. The Kier molecular flexibility index (Phi) is 4.13. The van der Waals surface area contributed by atoms with E-state index in [4.69, 9.17) is 5.26 Å². The van der Waals surface area contributed by atoms with Gasteiger partial charge in [0.05, 0.1) is 11.6 Å². The first-order valence-corrected chi connectivity index (χ1v) is 6.20. The van der Waals surface area contributed by atoms with Crippen LogP contribution in [0.1, 0.15) is 24.0 Å². The van der Waals surface area contributed by atoms with Crippen molar-refractivity contribution < 1.29 is 0 Å². The van der Waals surface area contributed by atoms with Gasteiger partial charge in [-0.05, 0) is 44.1 Å². The molecule has 90 valence electrons. The second-order valence-electron chi connectivity index (χ2n) is 4.67. The summed E-state index contributed by atoms with van der Waals surface area (Å²) >= 11 is 0. The molecule has 3 nitrogen and oxygen atoms in total. The molecule has 3 heteroatoms. The van der Waals surface area contributed by atoms with Gasteiger partial charge in [0.2, 0.25) is 0 Å². The lowest BCUT2D eigenvalue weighted by Crippen LogP contribution is -2.43. The second-order valence-corrected chi connectivity index (χ2v) is 4.67. The van der Waals surface area contributed by atoms with Crippen molar-refractivity contribution in [2.45, 2.75) is 25.4 Å². The summed E-state index contributed by atoms with van der Waals surface area (Å²) in [5.74, 6) is 0. The second kappa shape index (κ2) is 5.81. The molecule has 1 aliphatic rings. The molecule has 1 heterocycles. The molecule has 17 heavy (non-hydrogen) atoms. The van der Waals surface area contributed by atoms with E-state index in [2.05, 4.69) is 28.4 Å². The zero-order valence-electron chi connectivity index (χ0n) is 10.3. The Morgan fingerprint density at radius 3 is 2.82 bits per heavy atom. The van der Waals surface area contributed by atoms with Gasteiger partial charge in [-0.2, -0.15) is 5.26 Å². The average Bonchev–Trinajstić information content (AvgIpc) is 2.40. The molecule has 0 aliphatic carbocycles. The van der Waals surface area contributed by atoms with E-state index < -0.39 is 0 Å². The molecule has 0 bridgehead atoms.